The fraction of sp³-hybridized carbons (Fsp3) is 0.308. The van der Waals surface area contributed by atoms with Crippen LogP contribution in [0.5, 0.6) is 5.75 Å². The highest BCUT2D eigenvalue weighted by atomic mass is 79.9. The second-order valence-electron chi connectivity index (χ2n) is 7.68. The molecule has 0 aliphatic carbocycles. The van der Waals surface area contributed by atoms with Gasteiger partial charge in [-0.2, -0.15) is 0 Å². The Hall–Kier alpha value is -2.86. The quantitative estimate of drug-likeness (QED) is 0.431. The lowest BCUT2D eigenvalue weighted by molar-refractivity contribution is -0.141. The minimum Gasteiger partial charge on any atom is -0.483 e. The van der Waals surface area contributed by atoms with Gasteiger partial charge in [-0.1, -0.05) is 67.6 Å². The predicted octanol–water partition coefficient (Wildman–Crippen LogP) is 4.97. The lowest BCUT2D eigenvalue weighted by Gasteiger charge is -2.28. The Balaban J connectivity index is 1.72. The fourth-order valence-electron chi connectivity index (χ4n) is 3.51. The molecule has 168 valence electrons. The molecule has 6 heteroatoms. The topological polar surface area (TPSA) is 58.6 Å². The Morgan fingerprint density at radius 2 is 1.75 bits per heavy atom. The van der Waals surface area contributed by atoms with Crippen LogP contribution in [0, 0.1) is 0 Å². The molecule has 0 unspecified atom stereocenters. The van der Waals surface area contributed by atoms with Crippen molar-refractivity contribution in [3.05, 3.63) is 76.8 Å². The van der Waals surface area contributed by atoms with Gasteiger partial charge in [0.25, 0.3) is 5.91 Å². The molecule has 2 amide bonds. The van der Waals surface area contributed by atoms with Crippen molar-refractivity contribution < 1.29 is 14.3 Å². The van der Waals surface area contributed by atoms with Gasteiger partial charge in [0, 0.05) is 13.1 Å². The Labute approximate surface area is 197 Å². The van der Waals surface area contributed by atoms with Crippen molar-refractivity contribution in [3.8, 4) is 5.75 Å². The Morgan fingerprint density at radius 3 is 2.50 bits per heavy atom. The molecule has 1 atom stereocenters. The zero-order valence-corrected chi connectivity index (χ0v) is 20.1. The number of nitrogens with zero attached hydrogens (tertiary/aromatic N) is 1. The van der Waals surface area contributed by atoms with Crippen LogP contribution in [-0.2, 0) is 16.0 Å². The molecule has 32 heavy (non-hydrogen) atoms. The van der Waals surface area contributed by atoms with Crippen LogP contribution in [0.2, 0.25) is 0 Å². The summed E-state index contributed by atoms with van der Waals surface area (Å²) in [5.74, 6) is 0.225. The fourth-order valence-corrected chi connectivity index (χ4v) is 4.12. The highest BCUT2D eigenvalue weighted by Crippen LogP contribution is 2.33. The molecule has 0 fully saturated rings. The molecule has 1 N–H and O–H groups in total. The third-order valence-corrected chi connectivity index (χ3v) is 6.20. The molecule has 0 aliphatic rings. The van der Waals surface area contributed by atoms with E-state index < -0.39 is 6.04 Å². The number of benzene rings is 3. The van der Waals surface area contributed by atoms with E-state index >= 15 is 0 Å². The molecule has 0 saturated carbocycles. The summed E-state index contributed by atoms with van der Waals surface area (Å²) in [4.78, 5) is 27.3. The van der Waals surface area contributed by atoms with Gasteiger partial charge in [-0.05, 0) is 58.1 Å². The first-order chi connectivity index (χ1) is 15.5. The molecule has 0 radical (unpaired) electrons. The van der Waals surface area contributed by atoms with Crippen LogP contribution in [-0.4, -0.2) is 42.5 Å². The summed E-state index contributed by atoms with van der Waals surface area (Å²) in [6.45, 7) is 4.64. The number of nitrogens with one attached hydrogen (secondary N) is 1. The lowest BCUT2D eigenvalue weighted by atomic mass is 10.1. The minimum atomic E-state index is -0.582. The molecule has 0 spiro atoms. The van der Waals surface area contributed by atoms with E-state index in [1.165, 1.54) is 0 Å². The first-order valence-corrected chi connectivity index (χ1v) is 11.7. The first-order valence-electron chi connectivity index (χ1n) is 10.9. The second kappa shape index (κ2) is 11.7. The number of fused-ring (bicyclic) bond motifs is 1. The van der Waals surface area contributed by atoms with Gasteiger partial charge in [0.15, 0.2) is 6.61 Å². The summed E-state index contributed by atoms with van der Waals surface area (Å²) in [6, 6.07) is 21.2. The largest absolute Gasteiger partial charge is 0.483 e. The number of hydrogen-bond donors (Lipinski definition) is 1. The molecule has 3 aromatic carbocycles. The zero-order chi connectivity index (χ0) is 22.9. The zero-order valence-electron chi connectivity index (χ0n) is 18.5. The molecule has 0 heterocycles. The number of rotatable bonds is 10. The van der Waals surface area contributed by atoms with E-state index in [0.29, 0.717) is 25.3 Å². The van der Waals surface area contributed by atoms with Crippen LogP contribution in [0.3, 0.4) is 0 Å². The van der Waals surface area contributed by atoms with Crippen LogP contribution >= 0.6 is 15.9 Å². The molecule has 3 aromatic rings. The summed E-state index contributed by atoms with van der Waals surface area (Å²) in [7, 11) is 0. The van der Waals surface area contributed by atoms with E-state index in [9.17, 15) is 9.59 Å². The van der Waals surface area contributed by atoms with Gasteiger partial charge >= 0.3 is 0 Å². The maximum Gasteiger partial charge on any atom is 0.261 e. The molecule has 5 nitrogen and oxygen atoms in total. The Bertz CT molecular complexity index is 1060. The smallest absolute Gasteiger partial charge is 0.261 e. The summed E-state index contributed by atoms with van der Waals surface area (Å²) >= 11 is 3.60. The van der Waals surface area contributed by atoms with Gasteiger partial charge in [-0.25, -0.2) is 0 Å². The normalized spacial score (nSPS) is 11.7. The number of amides is 2. The minimum absolute atomic E-state index is 0.142. The maximum atomic E-state index is 13.1. The van der Waals surface area contributed by atoms with Crippen molar-refractivity contribution in [1.29, 1.82) is 0 Å². The number of carbonyl (C=O) groups excluding carboxylic acids is 2. The van der Waals surface area contributed by atoms with E-state index in [4.69, 9.17) is 4.74 Å². The predicted molar refractivity (Wildman–Crippen MR) is 132 cm³/mol. The highest BCUT2D eigenvalue weighted by molar-refractivity contribution is 9.10. The summed E-state index contributed by atoms with van der Waals surface area (Å²) in [5.41, 5.74) is 1.12. The molecular formula is C26H29BrN2O3. The SMILES string of the molecule is CCCNC(=O)[C@H](C)N(CCc1ccccc1)C(=O)COc1ccc2ccccc2c1Br. The van der Waals surface area contributed by atoms with Gasteiger partial charge in [-0.15, -0.1) is 0 Å². The van der Waals surface area contributed by atoms with Crippen LogP contribution in [0.4, 0.5) is 0 Å². The average molecular weight is 497 g/mol. The number of halogens is 1. The van der Waals surface area contributed by atoms with Gasteiger partial charge in [0.05, 0.1) is 4.47 Å². The molecule has 0 bridgehead atoms. The van der Waals surface area contributed by atoms with Crippen LogP contribution < -0.4 is 10.1 Å². The van der Waals surface area contributed by atoms with Crippen molar-refractivity contribution in [3.63, 3.8) is 0 Å². The summed E-state index contributed by atoms with van der Waals surface area (Å²) in [5, 5.41) is 4.99. The number of ether oxygens (including phenoxy) is 1. The first kappa shape index (κ1) is 23.8. The Morgan fingerprint density at radius 1 is 1.03 bits per heavy atom. The third kappa shape index (κ3) is 6.10. The van der Waals surface area contributed by atoms with Crippen LogP contribution in [0.1, 0.15) is 25.8 Å². The number of hydrogen-bond acceptors (Lipinski definition) is 3. The van der Waals surface area contributed by atoms with E-state index in [2.05, 4.69) is 21.2 Å². The third-order valence-electron chi connectivity index (χ3n) is 5.38. The van der Waals surface area contributed by atoms with Gasteiger partial charge in [0.1, 0.15) is 11.8 Å². The van der Waals surface area contributed by atoms with Crippen molar-refractivity contribution in [2.45, 2.75) is 32.7 Å². The van der Waals surface area contributed by atoms with Gasteiger partial charge < -0.3 is 15.0 Å². The van der Waals surface area contributed by atoms with Crippen molar-refractivity contribution in [1.82, 2.24) is 10.2 Å². The number of carbonyl (C=O) groups is 2. The Kier molecular flexibility index (Phi) is 8.68. The molecule has 3 rings (SSSR count). The average Bonchev–Trinajstić information content (AvgIpc) is 2.82. The maximum absolute atomic E-state index is 13.1. The molecule has 0 aromatic heterocycles. The second-order valence-corrected chi connectivity index (χ2v) is 8.47. The van der Waals surface area contributed by atoms with E-state index in [-0.39, 0.29) is 18.4 Å². The van der Waals surface area contributed by atoms with Crippen LogP contribution in [0.15, 0.2) is 71.2 Å². The van der Waals surface area contributed by atoms with Crippen LogP contribution in [0.25, 0.3) is 10.8 Å². The molecular weight excluding hydrogens is 468 g/mol. The van der Waals surface area contributed by atoms with Crippen molar-refractivity contribution >= 4 is 38.5 Å². The highest BCUT2D eigenvalue weighted by Gasteiger charge is 2.26. The van der Waals surface area contributed by atoms with Gasteiger partial charge in [0.2, 0.25) is 5.91 Å². The lowest BCUT2D eigenvalue weighted by Crippen LogP contribution is -2.50. The van der Waals surface area contributed by atoms with E-state index in [1.54, 1.807) is 11.8 Å². The standard InChI is InChI=1S/C26H29BrN2O3/c1-3-16-28-26(31)19(2)29(17-15-20-9-5-4-6-10-20)24(30)18-32-23-14-13-21-11-7-8-12-22(21)25(23)27/h4-14,19H,3,15-18H2,1-2H3,(H,28,31)/t19-/m0/s1. The summed E-state index contributed by atoms with van der Waals surface area (Å²) in [6.07, 6.45) is 1.51. The van der Waals surface area contributed by atoms with Gasteiger partial charge in [-0.3, -0.25) is 9.59 Å². The summed E-state index contributed by atoms with van der Waals surface area (Å²) < 4.78 is 6.69. The van der Waals surface area contributed by atoms with E-state index in [1.807, 2.05) is 73.7 Å². The van der Waals surface area contributed by atoms with Crippen molar-refractivity contribution in [2.75, 3.05) is 19.7 Å². The van der Waals surface area contributed by atoms with Crippen molar-refractivity contribution in [2.24, 2.45) is 0 Å². The van der Waals surface area contributed by atoms with E-state index in [0.717, 1.165) is 27.2 Å². The molecule has 0 aliphatic heterocycles. The monoisotopic (exact) mass is 496 g/mol. The molecule has 0 saturated heterocycles.